The molecule has 660 valence electrons. The Labute approximate surface area is 777 Å². The number of benzene rings is 15. The van der Waals surface area contributed by atoms with E-state index in [0.29, 0.717) is 17.9 Å². The van der Waals surface area contributed by atoms with Crippen LogP contribution in [0.15, 0.2) is 253 Å². The first kappa shape index (κ1) is 90.3. The average Bonchev–Trinajstić information content (AvgIpc) is 1.65. The minimum Gasteiger partial charge on any atom is -0.487 e. The summed E-state index contributed by atoms with van der Waals surface area (Å²) in [6, 6.07) is 87.7. The van der Waals surface area contributed by atoms with Crippen molar-refractivity contribution in [1.29, 1.82) is 0 Å². The monoisotopic (exact) mass is 1720 g/mol. The zero-order chi connectivity index (χ0) is 93.0. The van der Waals surface area contributed by atoms with E-state index in [2.05, 4.69) is 418 Å². The highest BCUT2D eigenvalue weighted by Crippen LogP contribution is 2.54. The molecule has 5 aliphatic rings. The van der Waals surface area contributed by atoms with Crippen molar-refractivity contribution in [2.45, 2.75) is 193 Å². The van der Waals surface area contributed by atoms with E-state index in [1.165, 1.54) is 207 Å². The van der Waals surface area contributed by atoms with Gasteiger partial charge >= 0.3 is 5.97 Å². The fourth-order valence-corrected chi connectivity index (χ4v) is 20.3. The number of nitrogens with zero attached hydrogens (tertiary/aromatic N) is 7. The molecule has 0 atom stereocenters. The molecule has 10 heteroatoms. The predicted octanol–water partition coefficient (Wildman–Crippen LogP) is 34.2. The molecule has 0 radical (unpaired) electrons. The Hall–Kier alpha value is -14.1. The highest BCUT2D eigenvalue weighted by atomic mass is 16.5. The van der Waals surface area contributed by atoms with E-state index in [-0.39, 0.29) is 5.97 Å². The third-order valence-corrected chi connectivity index (χ3v) is 25.6. The van der Waals surface area contributed by atoms with Gasteiger partial charge in [0.05, 0.1) is 79.5 Å². The molecule has 15 aromatic rings. The third kappa shape index (κ3) is 18.7. The number of azo groups is 1. The fraction of sp³-hybridized carbons (Fsp3) is 0.231. The second-order valence-corrected chi connectivity index (χ2v) is 37.6. The molecule has 0 saturated heterocycles. The molecule has 0 aromatic heterocycles. The number of hydrogen-bond donors (Lipinski definition) is 0. The van der Waals surface area contributed by atoms with E-state index in [4.69, 9.17) is 9.47 Å². The zero-order valence-corrected chi connectivity index (χ0v) is 81.2. The van der Waals surface area contributed by atoms with Crippen LogP contribution in [0.2, 0.25) is 0 Å². The van der Waals surface area contributed by atoms with Crippen LogP contribution in [0, 0.1) is 173 Å². The van der Waals surface area contributed by atoms with Crippen LogP contribution in [-0.4, -0.2) is 5.97 Å². The lowest BCUT2D eigenvalue weighted by molar-refractivity contribution is 0.0738. The maximum Gasteiger partial charge on any atom is 0.345 e. The number of ether oxygens (including phenoxy) is 2. The number of hydrogen-bond acceptors (Lipinski definition) is 10. The molecule has 0 fully saturated rings. The lowest BCUT2D eigenvalue weighted by atomic mass is 10.0. The van der Waals surface area contributed by atoms with Gasteiger partial charge in [-0.25, -0.2) is 4.79 Å². The first-order chi connectivity index (χ1) is 62.6. The van der Waals surface area contributed by atoms with Crippen LogP contribution >= 0.6 is 0 Å². The molecule has 0 amide bonds. The van der Waals surface area contributed by atoms with Crippen molar-refractivity contribution in [3.05, 3.63) is 415 Å². The van der Waals surface area contributed by atoms with Crippen molar-refractivity contribution in [2.24, 2.45) is 10.2 Å². The van der Waals surface area contributed by atoms with Gasteiger partial charge in [-0.05, 0) is 389 Å². The van der Waals surface area contributed by atoms with Gasteiger partial charge in [0.15, 0.2) is 5.75 Å². The first-order valence-corrected chi connectivity index (χ1v) is 46.0. The SMILES string of the molecule is Cc1cc(C)c(N2c3ccc(C)cc3C=Cc3cc(C)ccc32)c(C)c1.Cc1cc(C)c(N2c3ccc(C)cc3CCc3cc(C)ccc32)c(C)c1.Cc1cc(C)c(N2c3ccc(C)cc3COc3cc(C)ccc32)c(C)c1.Cc1cc(C)c(N2c3ccc(C)cc3N=Nc3cc(C)ccc32)c(C)c1.Cc1cc(C)c(N2c3ccc(C)cc3OC(=O)c3cc(C)ccc32)c(C)c1. The number of esters is 1. The summed E-state index contributed by atoms with van der Waals surface area (Å²) in [6.45, 7) is 54.3. The Morgan fingerprint density at radius 2 is 0.466 bits per heavy atom. The molecule has 0 spiro atoms. The summed E-state index contributed by atoms with van der Waals surface area (Å²) >= 11 is 0. The van der Waals surface area contributed by atoms with Crippen LogP contribution in [0.25, 0.3) is 12.2 Å². The summed E-state index contributed by atoms with van der Waals surface area (Å²) in [5.74, 6) is 1.22. The van der Waals surface area contributed by atoms with Crippen molar-refractivity contribution in [1.82, 2.24) is 0 Å². The van der Waals surface area contributed by atoms with Crippen LogP contribution in [-0.2, 0) is 19.4 Å². The van der Waals surface area contributed by atoms with Gasteiger partial charge < -0.3 is 34.0 Å². The van der Waals surface area contributed by atoms with E-state index in [9.17, 15) is 4.79 Å². The van der Waals surface area contributed by atoms with Crippen molar-refractivity contribution >= 4 is 115 Å². The molecular formula is C121H123N7O3. The topological polar surface area (TPSA) is 76.5 Å². The lowest BCUT2D eigenvalue weighted by Crippen LogP contribution is -2.14. The second-order valence-electron chi connectivity index (χ2n) is 37.6. The fourth-order valence-electron chi connectivity index (χ4n) is 20.3. The molecule has 20 rings (SSSR count). The molecule has 5 heterocycles. The van der Waals surface area contributed by atoms with E-state index in [0.717, 1.165) is 75.2 Å². The van der Waals surface area contributed by atoms with Crippen molar-refractivity contribution < 1.29 is 14.3 Å². The Morgan fingerprint density at radius 1 is 0.221 bits per heavy atom. The summed E-state index contributed by atoms with van der Waals surface area (Å²) in [5, 5.41) is 9.13. The van der Waals surface area contributed by atoms with Crippen LogP contribution in [0.4, 0.5) is 96.7 Å². The van der Waals surface area contributed by atoms with Gasteiger partial charge in [-0.2, -0.15) is 0 Å². The summed E-state index contributed by atoms with van der Waals surface area (Å²) in [4.78, 5) is 24.7. The van der Waals surface area contributed by atoms with Crippen molar-refractivity contribution in [3.63, 3.8) is 0 Å². The average molecular weight is 1720 g/mol. The van der Waals surface area contributed by atoms with Gasteiger partial charge in [-0.3, -0.25) is 0 Å². The van der Waals surface area contributed by atoms with Crippen LogP contribution < -0.4 is 34.0 Å². The van der Waals surface area contributed by atoms with E-state index in [1.807, 2.05) is 44.2 Å². The number of carbonyl (C=O) groups is 1. The highest BCUT2D eigenvalue weighted by molar-refractivity contribution is 6.04. The van der Waals surface area contributed by atoms with E-state index in [1.54, 1.807) is 0 Å². The van der Waals surface area contributed by atoms with Gasteiger partial charge in [-0.1, -0.05) is 213 Å². The molecule has 0 aliphatic carbocycles. The molecule has 0 bridgehead atoms. The normalized spacial score (nSPS) is 12.8. The minimum atomic E-state index is -0.314. The van der Waals surface area contributed by atoms with Gasteiger partial charge in [0, 0.05) is 16.9 Å². The summed E-state index contributed by atoms with van der Waals surface area (Å²) in [5.41, 5.74) is 57.8. The van der Waals surface area contributed by atoms with Crippen LogP contribution in [0.3, 0.4) is 0 Å². The van der Waals surface area contributed by atoms with Crippen molar-refractivity contribution in [3.8, 4) is 11.5 Å². The lowest BCUT2D eigenvalue weighted by Gasteiger charge is -2.30. The van der Waals surface area contributed by atoms with Gasteiger partial charge in [0.1, 0.15) is 23.7 Å². The van der Waals surface area contributed by atoms with E-state index >= 15 is 0 Å². The number of carbonyl (C=O) groups excluding carboxylic acids is 1. The smallest absolute Gasteiger partial charge is 0.345 e. The van der Waals surface area contributed by atoms with Gasteiger partial charge in [0.2, 0.25) is 0 Å². The highest BCUT2D eigenvalue weighted by Gasteiger charge is 2.34. The summed E-state index contributed by atoms with van der Waals surface area (Å²) in [6.07, 6.45) is 6.68. The second kappa shape index (κ2) is 37.2. The summed E-state index contributed by atoms with van der Waals surface area (Å²) in [7, 11) is 0. The Morgan fingerprint density at radius 3 is 0.832 bits per heavy atom. The van der Waals surface area contributed by atoms with Gasteiger partial charge in [-0.15, -0.1) is 10.2 Å². The molecule has 5 aliphatic heterocycles. The van der Waals surface area contributed by atoms with Crippen LogP contribution in [0.5, 0.6) is 11.5 Å². The number of fused-ring (bicyclic) bond motifs is 10. The van der Waals surface area contributed by atoms with E-state index < -0.39 is 0 Å². The maximum atomic E-state index is 12.9. The minimum absolute atomic E-state index is 0.314. The molecule has 0 unspecified atom stereocenters. The molecule has 10 nitrogen and oxygen atoms in total. The summed E-state index contributed by atoms with van der Waals surface area (Å²) < 4.78 is 12.0. The third-order valence-electron chi connectivity index (χ3n) is 25.6. The Kier molecular flexibility index (Phi) is 25.6. The predicted molar refractivity (Wildman–Crippen MR) is 554 cm³/mol. The number of aryl methyl sites for hydroxylation is 27. The molecular weight excluding hydrogens is 1600 g/mol. The standard InChI is InChI=1S/C25H27N.C25H25N.C24H23NO2.C24H25NO.C23H23N3/c2*1-16-6-10-23-21(14-16)8-9-22-15-17(2)7-11-24(22)26(23)25-19(4)12-18(3)13-20(25)5;1-14-6-8-20-19(12-14)24(26)27-22-13-15(2)7-9-21(22)25(20)23-17(4)10-16(3)11-18(23)5;1-15-6-8-21-20(12-15)14-26-23-13-16(2)7-9-22(23)25(21)24-18(4)10-17(3)11-19(24)5;1-14-6-8-21-19(12-14)24-25-20-13-15(2)7-9-22(20)26(21)23-17(4)10-16(3)11-18(23)5/h6-7,10-15H,8-9H2,1-5H3;6-15H,1-5H3;6-13H,1-5H3;6-13H,14H2,1-5H3;6-13H,1-5H3. The molecule has 15 aromatic carbocycles. The largest absolute Gasteiger partial charge is 0.487 e. The number of anilines is 15. The first-order valence-electron chi connectivity index (χ1n) is 46.0. The van der Waals surface area contributed by atoms with Crippen LogP contribution in [0.1, 0.15) is 177 Å². The quantitative estimate of drug-likeness (QED) is 0.125. The Bertz CT molecular complexity index is 6360. The molecule has 0 N–H and O–H groups in total. The van der Waals surface area contributed by atoms with Crippen molar-refractivity contribution in [2.75, 3.05) is 24.5 Å². The maximum absolute atomic E-state index is 12.9. The zero-order valence-electron chi connectivity index (χ0n) is 81.2. The van der Waals surface area contributed by atoms with Gasteiger partial charge in [0.25, 0.3) is 0 Å². The Balaban J connectivity index is 0.000000120. The number of rotatable bonds is 5. The molecule has 0 saturated carbocycles. The molecule has 131 heavy (non-hydrogen) atoms.